The number of pyridine rings is 1. The Morgan fingerprint density at radius 1 is 0.818 bits per heavy atom. The number of amides is 1. The zero-order valence-corrected chi connectivity index (χ0v) is 24.5. The Bertz CT molecular complexity index is 1690. The maximum Gasteiger partial charge on any atom is 0.323 e. The minimum atomic E-state index is -0.835. The summed E-state index contributed by atoms with van der Waals surface area (Å²) in [6.45, 7) is 0. The Balaban J connectivity index is 1.25. The second kappa shape index (κ2) is 11.2. The van der Waals surface area contributed by atoms with Crippen molar-refractivity contribution in [2.45, 2.75) is 36.3 Å². The first-order chi connectivity index (χ1) is 21.6. The maximum absolute atomic E-state index is 13.5. The Labute approximate surface area is 257 Å². The molecular weight excluding hydrogens is 546 g/mol. The predicted octanol–water partition coefficient (Wildman–Crippen LogP) is 6.46. The molecule has 1 aliphatic carbocycles. The number of benzene rings is 4. The molecule has 0 saturated heterocycles. The van der Waals surface area contributed by atoms with Crippen LogP contribution in [0, 0.1) is 0 Å². The van der Waals surface area contributed by atoms with Crippen molar-refractivity contribution in [3.8, 4) is 0 Å². The number of hydrogen-bond acceptors (Lipinski definition) is 5. The van der Waals surface area contributed by atoms with Crippen LogP contribution >= 0.6 is 0 Å². The van der Waals surface area contributed by atoms with E-state index in [-0.39, 0.29) is 11.9 Å². The van der Waals surface area contributed by atoms with Gasteiger partial charge in [0.15, 0.2) is 0 Å². The number of nitrogens with zero attached hydrogens (tertiary/aromatic N) is 2. The van der Waals surface area contributed by atoms with Crippen molar-refractivity contribution in [1.82, 2.24) is 10.3 Å². The highest BCUT2D eigenvalue weighted by atomic mass is 16.5. The minimum absolute atomic E-state index is 0.0893. The zero-order valence-electron chi connectivity index (χ0n) is 24.5. The van der Waals surface area contributed by atoms with Crippen LogP contribution in [0.15, 0.2) is 134 Å². The summed E-state index contributed by atoms with van der Waals surface area (Å²) in [4.78, 5) is 33.3. The van der Waals surface area contributed by atoms with Gasteiger partial charge in [-0.25, -0.2) is 4.98 Å². The molecule has 1 amide bonds. The van der Waals surface area contributed by atoms with Gasteiger partial charge in [-0.05, 0) is 59.7 Å². The molecule has 1 aromatic heterocycles. The van der Waals surface area contributed by atoms with E-state index < -0.39 is 17.0 Å². The smallest absolute Gasteiger partial charge is 0.323 e. The molecule has 1 spiro atoms. The van der Waals surface area contributed by atoms with E-state index in [0.29, 0.717) is 6.42 Å². The second-order valence-electron chi connectivity index (χ2n) is 11.5. The molecule has 218 valence electrons. The number of nitrogens with one attached hydrogen (secondary N) is 1. The van der Waals surface area contributed by atoms with Crippen LogP contribution in [-0.2, 0) is 31.7 Å². The van der Waals surface area contributed by atoms with Gasteiger partial charge in [0.2, 0.25) is 5.91 Å². The standard InChI is InChI=1S/C38H33N3O3/c1-44-35(42)33(26-27-19-21-31(22-20-27)41-34-32(18-11-25-39-34)37(23-24-37)36(41)43)40-38(28-12-5-2-6-13-28,29-14-7-3-8-15-29)30-16-9-4-10-17-30/h2-22,25,33,40H,23-24,26H2,1H3/t33-/m0/s1. The largest absolute Gasteiger partial charge is 0.468 e. The van der Waals surface area contributed by atoms with E-state index in [0.717, 1.165) is 52.2 Å². The normalized spacial score (nSPS) is 15.6. The number of anilines is 2. The Hall–Kier alpha value is -5.07. The van der Waals surface area contributed by atoms with E-state index in [1.54, 1.807) is 11.1 Å². The molecule has 4 aromatic carbocycles. The number of rotatable bonds is 9. The van der Waals surface area contributed by atoms with Gasteiger partial charge in [-0.2, -0.15) is 0 Å². The molecule has 1 saturated carbocycles. The van der Waals surface area contributed by atoms with E-state index in [9.17, 15) is 9.59 Å². The van der Waals surface area contributed by atoms with Crippen LogP contribution in [0.1, 0.15) is 40.7 Å². The molecule has 6 heteroatoms. The van der Waals surface area contributed by atoms with Crippen molar-refractivity contribution in [3.63, 3.8) is 0 Å². The third-order valence-electron chi connectivity index (χ3n) is 9.01. The molecule has 1 fully saturated rings. The van der Waals surface area contributed by atoms with Gasteiger partial charge in [0.25, 0.3) is 0 Å². The summed E-state index contributed by atoms with van der Waals surface area (Å²) in [7, 11) is 1.42. The Kier molecular flexibility index (Phi) is 7.07. The topological polar surface area (TPSA) is 71.5 Å². The molecule has 0 unspecified atom stereocenters. The highest BCUT2D eigenvalue weighted by Gasteiger charge is 2.60. The van der Waals surface area contributed by atoms with Gasteiger partial charge in [-0.1, -0.05) is 109 Å². The Morgan fingerprint density at radius 3 is 1.86 bits per heavy atom. The molecule has 5 aromatic rings. The second-order valence-corrected chi connectivity index (χ2v) is 11.5. The third-order valence-corrected chi connectivity index (χ3v) is 9.01. The number of hydrogen-bond donors (Lipinski definition) is 1. The first-order valence-corrected chi connectivity index (χ1v) is 15.0. The molecule has 2 aliphatic rings. The molecule has 44 heavy (non-hydrogen) atoms. The van der Waals surface area contributed by atoms with Crippen LogP contribution in [0.2, 0.25) is 0 Å². The summed E-state index contributed by atoms with van der Waals surface area (Å²) in [6, 6.07) is 41.7. The summed E-state index contributed by atoms with van der Waals surface area (Å²) in [5.41, 5.74) is 4.50. The number of ether oxygens (including phenoxy) is 1. The summed E-state index contributed by atoms with van der Waals surface area (Å²) in [6.07, 6.45) is 3.84. The van der Waals surface area contributed by atoms with Gasteiger partial charge in [0.1, 0.15) is 11.9 Å². The van der Waals surface area contributed by atoms with Crippen molar-refractivity contribution < 1.29 is 14.3 Å². The van der Waals surface area contributed by atoms with E-state index in [4.69, 9.17) is 4.74 Å². The van der Waals surface area contributed by atoms with Crippen LogP contribution in [-0.4, -0.2) is 30.0 Å². The fourth-order valence-corrected chi connectivity index (χ4v) is 6.65. The summed E-state index contributed by atoms with van der Waals surface area (Å²) in [5.74, 6) is 0.450. The summed E-state index contributed by atoms with van der Waals surface area (Å²) < 4.78 is 5.36. The number of methoxy groups -OCH3 is 1. The SMILES string of the molecule is COC(=O)[C@H](Cc1ccc(N2C(=O)C3(CC3)c3cccnc32)cc1)NC(c1ccccc1)(c1ccccc1)c1ccccc1. The molecule has 7 rings (SSSR count). The molecule has 0 radical (unpaired) electrons. The number of carbonyl (C=O) groups excluding carboxylic acids is 2. The quantitative estimate of drug-likeness (QED) is 0.160. The maximum atomic E-state index is 13.5. The fraction of sp³-hybridized carbons (Fsp3) is 0.184. The highest BCUT2D eigenvalue weighted by molar-refractivity contribution is 6.13. The lowest BCUT2D eigenvalue weighted by molar-refractivity contribution is -0.143. The van der Waals surface area contributed by atoms with Crippen molar-refractivity contribution in [3.05, 3.63) is 161 Å². The monoisotopic (exact) mass is 579 g/mol. The van der Waals surface area contributed by atoms with Gasteiger partial charge in [-0.15, -0.1) is 0 Å². The number of esters is 1. The van der Waals surface area contributed by atoms with E-state index >= 15 is 0 Å². The molecule has 2 heterocycles. The lowest BCUT2D eigenvalue weighted by Gasteiger charge is -2.39. The van der Waals surface area contributed by atoms with Crippen molar-refractivity contribution >= 4 is 23.4 Å². The Morgan fingerprint density at radius 2 is 1.36 bits per heavy atom. The van der Waals surface area contributed by atoms with Crippen LogP contribution in [0.25, 0.3) is 0 Å². The molecule has 1 aliphatic heterocycles. The van der Waals surface area contributed by atoms with Crippen molar-refractivity contribution in [2.75, 3.05) is 12.0 Å². The number of fused-ring (bicyclic) bond motifs is 2. The molecule has 1 N–H and O–H groups in total. The van der Waals surface area contributed by atoms with Crippen molar-refractivity contribution in [2.24, 2.45) is 0 Å². The number of carbonyl (C=O) groups is 2. The zero-order chi connectivity index (χ0) is 30.1. The van der Waals surface area contributed by atoms with Crippen LogP contribution in [0.3, 0.4) is 0 Å². The summed E-state index contributed by atoms with van der Waals surface area (Å²) in [5, 5.41) is 3.78. The van der Waals surface area contributed by atoms with E-state index in [2.05, 4.69) is 46.7 Å². The van der Waals surface area contributed by atoms with Gasteiger partial charge >= 0.3 is 5.97 Å². The molecule has 6 nitrogen and oxygen atoms in total. The lowest BCUT2D eigenvalue weighted by atomic mass is 9.76. The molecule has 0 bridgehead atoms. The van der Waals surface area contributed by atoms with E-state index in [1.165, 1.54) is 7.11 Å². The predicted molar refractivity (Wildman–Crippen MR) is 171 cm³/mol. The molecule has 1 atom stereocenters. The molecular formula is C38H33N3O3. The van der Waals surface area contributed by atoms with Gasteiger partial charge in [0, 0.05) is 11.8 Å². The first kappa shape index (κ1) is 27.7. The van der Waals surface area contributed by atoms with Crippen LogP contribution in [0.4, 0.5) is 11.5 Å². The number of aromatic nitrogens is 1. The van der Waals surface area contributed by atoms with Crippen LogP contribution < -0.4 is 10.2 Å². The van der Waals surface area contributed by atoms with Gasteiger partial charge in [-0.3, -0.25) is 19.8 Å². The average Bonchev–Trinajstić information content (AvgIpc) is 3.86. The van der Waals surface area contributed by atoms with Gasteiger partial charge in [0.05, 0.1) is 23.8 Å². The lowest BCUT2D eigenvalue weighted by Crippen LogP contribution is -2.53. The van der Waals surface area contributed by atoms with E-state index in [1.807, 2.05) is 91.0 Å². The first-order valence-electron chi connectivity index (χ1n) is 15.0. The van der Waals surface area contributed by atoms with Crippen molar-refractivity contribution in [1.29, 1.82) is 0 Å². The minimum Gasteiger partial charge on any atom is -0.468 e. The highest BCUT2D eigenvalue weighted by Crippen LogP contribution is 2.58. The fourth-order valence-electron chi connectivity index (χ4n) is 6.65. The average molecular weight is 580 g/mol. The third kappa shape index (κ3) is 4.59. The summed E-state index contributed by atoms with van der Waals surface area (Å²) >= 11 is 0. The van der Waals surface area contributed by atoms with Gasteiger partial charge < -0.3 is 4.74 Å². The van der Waals surface area contributed by atoms with Crippen LogP contribution in [0.5, 0.6) is 0 Å².